The third-order valence-electron chi connectivity index (χ3n) is 3.76. The zero-order valence-corrected chi connectivity index (χ0v) is 16.8. The summed E-state index contributed by atoms with van der Waals surface area (Å²) in [5, 5.41) is 1.01. The van der Waals surface area contributed by atoms with Crippen molar-refractivity contribution in [2.45, 2.75) is 19.9 Å². The zero-order chi connectivity index (χ0) is 16.1. The summed E-state index contributed by atoms with van der Waals surface area (Å²) < 4.78 is 0. The minimum Gasteiger partial charge on any atom is -0.370 e. The van der Waals surface area contributed by atoms with E-state index in [2.05, 4.69) is 36.7 Å². The lowest BCUT2D eigenvalue weighted by Gasteiger charge is -2.35. The fourth-order valence-electron chi connectivity index (χ4n) is 2.42. The third kappa shape index (κ3) is 4.76. The molecule has 1 saturated heterocycles. The van der Waals surface area contributed by atoms with Gasteiger partial charge in [-0.3, -0.25) is 0 Å². The zero-order valence-electron chi connectivity index (χ0n) is 13.6. The number of rotatable bonds is 4. The van der Waals surface area contributed by atoms with Gasteiger partial charge >= 0.3 is 0 Å². The van der Waals surface area contributed by atoms with Gasteiger partial charge in [0.05, 0.1) is 6.54 Å². The molecule has 3 rings (SSSR count). The van der Waals surface area contributed by atoms with Crippen molar-refractivity contribution in [2.24, 2.45) is 10.7 Å². The number of nitrogens with two attached hydrogens (primary N) is 1. The number of anilines is 1. The molecule has 7 nitrogen and oxygen atoms in total. The SMILES string of the molecule is CCc1cnc(CN=C(N)N2CCN(c3ncccn3)CC2)s1.I. The predicted octanol–water partition coefficient (Wildman–Crippen LogP) is 1.75. The molecule has 1 aliphatic heterocycles. The van der Waals surface area contributed by atoms with Crippen LogP contribution in [-0.2, 0) is 13.0 Å². The standard InChI is InChI=1S/C15H21N7S.HI/c1-2-12-10-19-13(23-12)11-20-14(16)21-6-8-22(9-7-21)15-17-4-3-5-18-15;/h3-5,10H,2,6-9,11H2,1H3,(H2,16,20);1H. The molecule has 0 aromatic carbocycles. The van der Waals surface area contributed by atoms with Crippen LogP contribution in [0.1, 0.15) is 16.8 Å². The average Bonchev–Trinajstić information content (AvgIpc) is 3.09. The minimum absolute atomic E-state index is 0. The molecule has 2 N–H and O–H groups in total. The Balaban J connectivity index is 0.00000208. The van der Waals surface area contributed by atoms with Crippen LogP contribution in [0, 0.1) is 0 Å². The largest absolute Gasteiger partial charge is 0.370 e. The van der Waals surface area contributed by atoms with Crippen molar-refractivity contribution in [1.29, 1.82) is 0 Å². The molecule has 0 radical (unpaired) electrons. The normalized spacial score (nSPS) is 15.3. The van der Waals surface area contributed by atoms with Gasteiger partial charge in [0.15, 0.2) is 5.96 Å². The number of aliphatic imine (C=N–C) groups is 1. The number of hydrogen-bond acceptors (Lipinski definition) is 6. The second-order valence-electron chi connectivity index (χ2n) is 5.27. The molecule has 0 bridgehead atoms. The lowest BCUT2D eigenvalue weighted by atomic mass is 10.3. The van der Waals surface area contributed by atoms with Crippen LogP contribution in [0.25, 0.3) is 0 Å². The van der Waals surface area contributed by atoms with E-state index < -0.39 is 0 Å². The summed E-state index contributed by atoms with van der Waals surface area (Å²) >= 11 is 1.70. The molecule has 2 aromatic heterocycles. The molecule has 1 fully saturated rings. The second kappa shape index (κ2) is 9.11. The Morgan fingerprint density at radius 1 is 1.21 bits per heavy atom. The molecule has 9 heteroatoms. The summed E-state index contributed by atoms with van der Waals surface area (Å²) in [7, 11) is 0. The van der Waals surface area contributed by atoms with Crippen LogP contribution in [0.4, 0.5) is 5.95 Å². The number of guanidine groups is 1. The van der Waals surface area contributed by atoms with Crippen molar-refractivity contribution in [1.82, 2.24) is 19.9 Å². The molecule has 0 aliphatic carbocycles. The van der Waals surface area contributed by atoms with E-state index in [1.165, 1.54) is 4.88 Å². The fourth-order valence-corrected chi connectivity index (χ4v) is 3.21. The first-order chi connectivity index (χ1) is 11.3. The van der Waals surface area contributed by atoms with Crippen molar-refractivity contribution in [3.05, 3.63) is 34.5 Å². The smallest absolute Gasteiger partial charge is 0.225 e. The molecule has 1 aliphatic rings. The summed E-state index contributed by atoms with van der Waals surface area (Å²) in [4.78, 5) is 23.0. The molecule has 0 saturated carbocycles. The first kappa shape index (κ1) is 18.8. The Hall–Kier alpha value is -1.49. The quantitative estimate of drug-likeness (QED) is 0.426. The van der Waals surface area contributed by atoms with Crippen molar-refractivity contribution in [3.63, 3.8) is 0 Å². The summed E-state index contributed by atoms with van der Waals surface area (Å²) in [6.45, 7) is 6.02. The lowest BCUT2D eigenvalue weighted by molar-refractivity contribution is 0.378. The third-order valence-corrected chi connectivity index (χ3v) is 4.89. The highest BCUT2D eigenvalue weighted by Gasteiger charge is 2.19. The van der Waals surface area contributed by atoms with Gasteiger partial charge in [-0.1, -0.05) is 6.92 Å². The maximum Gasteiger partial charge on any atom is 0.225 e. The van der Waals surface area contributed by atoms with E-state index in [9.17, 15) is 0 Å². The Morgan fingerprint density at radius 2 is 1.92 bits per heavy atom. The summed E-state index contributed by atoms with van der Waals surface area (Å²) in [5.74, 6) is 1.37. The molecular formula is C15H22IN7S. The summed E-state index contributed by atoms with van der Waals surface area (Å²) in [6.07, 6.45) is 6.47. The van der Waals surface area contributed by atoms with Gasteiger partial charge in [0, 0.05) is 49.6 Å². The molecule has 0 spiro atoms. The number of aromatic nitrogens is 3. The highest BCUT2D eigenvalue weighted by molar-refractivity contribution is 14.0. The number of aryl methyl sites for hydroxylation is 1. The highest BCUT2D eigenvalue weighted by Crippen LogP contribution is 2.14. The molecule has 0 unspecified atom stereocenters. The van der Waals surface area contributed by atoms with E-state index in [1.54, 1.807) is 23.7 Å². The number of nitrogens with zero attached hydrogens (tertiary/aromatic N) is 6. The number of thiazole rings is 1. The van der Waals surface area contributed by atoms with Gasteiger partial charge in [-0.05, 0) is 12.5 Å². The van der Waals surface area contributed by atoms with Crippen LogP contribution in [0.2, 0.25) is 0 Å². The molecule has 0 atom stereocenters. The molecule has 2 aromatic rings. The van der Waals surface area contributed by atoms with Crippen LogP contribution >= 0.6 is 35.3 Å². The number of piperazine rings is 1. The maximum absolute atomic E-state index is 6.12. The van der Waals surface area contributed by atoms with E-state index in [0.29, 0.717) is 12.5 Å². The summed E-state index contributed by atoms with van der Waals surface area (Å²) in [5.41, 5.74) is 6.12. The van der Waals surface area contributed by atoms with Crippen LogP contribution in [0.15, 0.2) is 29.6 Å². The van der Waals surface area contributed by atoms with Crippen LogP contribution in [-0.4, -0.2) is 52.0 Å². The van der Waals surface area contributed by atoms with Gasteiger partial charge < -0.3 is 15.5 Å². The van der Waals surface area contributed by atoms with Gasteiger partial charge in [0.1, 0.15) is 5.01 Å². The Kier molecular flexibility index (Phi) is 7.16. The second-order valence-corrected chi connectivity index (χ2v) is 6.47. The van der Waals surface area contributed by atoms with Gasteiger partial charge in [-0.25, -0.2) is 19.9 Å². The van der Waals surface area contributed by atoms with Crippen LogP contribution < -0.4 is 10.6 Å². The summed E-state index contributed by atoms with van der Waals surface area (Å²) in [6, 6.07) is 1.83. The van der Waals surface area contributed by atoms with E-state index in [4.69, 9.17) is 5.73 Å². The molecule has 24 heavy (non-hydrogen) atoms. The predicted molar refractivity (Wildman–Crippen MR) is 108 cm³/mol. The lowest BCUT2D eigenvalue weighted by Crippen LogP contribution is -2.51. The monoisotopic (exact) mass is 459 g/mol. The van der Waals surface area contributed by atoms with Gasteiger partial charge in [-0.2, -0.15) is 0 Å². The first-order valence-electron chi connectivity index (χ1n) is 7.76. The van der Waals surface area contributed by atoms with E-state index in [-0.39, 0.29) is 24.0 Å². The van der Waals surface area contributed by atoms with Crippen LogP contribution in [0.3, 0.4) is 0 Å². The fraction of sp³-hybridized carbons (Fsp3) is 0.467. The van der Waals surface area contributed by atoms with Crippen molar-refractivity contribution >= 4 is 47.2 Å². The number of halogens is 1. The Morgan fingerprint density at radius 3 is 2.54 bits per heavy atom. The maximum atomic E-state index is 6.12. The van der Waals surface area contributed by atoms with Crippen LogP contribution in [0.5, 0.6) is 0 Å². The number of hydrogen-bond donors (Lipinski definition) is 1. The first-order valence-corrected chi connectivity index (χ1v) is 8.58. The van der Waals surface area contributed by atoms with Gasteiger partial charge in [-0.15, -0.1) is 35.3 Å². The van der Waals surface area contributed by atoms with Gasteiger partial charge in [0.2, 0.25) is 5.95 Å². The van der Waals surface area contributed by atoms with Crippen molar-refractivity contribution in [3.8, 4) is 0 Å². The van der Waals surface area contributed by atoms with E-state index in [1.807, 2.05) is 12.3 Å². The topological polar surface area (TPSA) is 83.5 Å². The Labute approximate surface area is 163 Å². The molecule has 130 valence electrons. The molecule has 0 amide bonds. The Bertz CT molecular complexity index is 653. The minimum atomic E-state index is 0. The molecular weight excluding hydrogens is 437 g/mol. The van der Waals surface area contributed by atoms with E-state index >= 15 is 0 Å². The van der Waals surface area contributed by atoms with Gasteiger partial charge in [0.25, 0.3) is 0 Å². The van der Waals surface area contributed by atoms with Crippen molar-refractivity contribution in [2.75, 3.05) is 31.1 Å². The van der Waals surface area contributed by atoms with Crippen molar-refractivity contribution < 1.29 is 0 Å². The average molecular weight is 459 g/mol. The highest BCUT2D eigenvalue weighted by atomic mass is 127. The van der Waals surface area contributed by atoms with E-state index in [0.717, 1.165) is 43.6 Å². The molecule has 3 heterocycles.